The van der Waals surface area contributed by atoms with Gasteiger partial charge in [0, 0.05) is 9.26 Å². The summed E-state index contributed by atoms with van der Waals surface area (Å²) in [6.45, 7) is 1.35. The van der Waals surface area contributed by atoms with Gasteiger partial charge in [0.15, 0.2) is 0 Å². The second-order valence-electron chi connectivity index (χ2n) is 5.52. The van der Waals surface area contributed by atoms with Crippen LogP contribution in [0.25, 0.3) is 11.0 Å². The normalized spacial score (nSPS) is 11.7. The second-order valence-corrected chi connectivity index (χ2v) is 6.76. The number of nitrogens with one attached hydrogen (secondary N) is 1. The van der Waals surface area contributed by atoms with E-state index in [2.05, 4.69) is 32.9 Å². The van der Waals surface area contributed by atoms with Crippen LogP contribution >= 0.6 is 22.6 Å². The molecule has 4 nitrogen and oxygen atoms in total. The Morgan fingerprint density at radius 3 is 2.64 bits per heavy atom. The van der Waals surface area contributed by atoms with E-state index < -0.39 is 24.5 Å². The predicted molar refractivity (Wildman–Crippen MR) is 97.3 cm³/mol. The molecular weight excluding hydrogens is 446 g/mol. The average Bonchev–Trinajstić information content (AvgIpc) is 2.89. The number of aryl methyl sites for hydroxylation is 1. The molecule has 0 saturated heterocycles. The van der Waals surface area contributed by atoms with Crippen molar-refractivity contribution in [1.82, 2.24) is 9.55 Å². The summed E-state index contributed by atoms with van der Waals surface area (Å²) in [5.74, 6) is -1.62. The molecule has 1 amide bonds. The van der Waals surface area contributed by atoms with Crippen molar-refractivity contribution >= 4 is 45.2 Å². The van der Waals surface area contributed by atoms with Gasteiger partial charge in [-0.05, 0) is 65.4 Å². The molecule has 3 aromatic rings. The lowest BCUT2D eigenvalue weighted by atomic mass is 10.2. The number of hydrogen-bond acceptors (Lipinski definition) is 2. The first kappa shape index (κ1) is 17.7. The van der Waals surface area contributed by atoms with Crippen LogP contribution in [0.2, 0.25) is 0 Å². The summed E-state index contributed by atoms with van der Waals surface area (Å²) in [4.78, 5) is 15.9. The third-order valence-electron chi connectivity index (χ3n) is 3.67. The number of fused-ring (bicyclic) bond motifs is 1. The summed E-state index contributed by atoms with van der Waals surface area (Å²) >= 11 is 2.15. The molecule has 0 radical (unpaired) electrons. The average molecular weight is 459 g/mol. The molecule has 1 heterocycles. The summed E-state index contributed by atoms with van der Waals surface area (Å²) in [7, 11) is 0. The number of rotatable bonds is 3. The van der Waals surface area contributed by atoms with E-state index in [9.17, 15) is 18.0 Å². The first-order valence-electron chi connectivity index (χ1n) is 7.34. The summed E-state index contributed by atoms with van der Waals surface area (Å²) in [6, 6.07) is 11.6. The lowest BCUT2D eigenvalue weighted by Gasteiger charge is -2.13. The van der Waals surface area contributed by atoms with Gasteiger partial charge in [0.05, 0.1) is 11.0 Å². The number of anilines is 1. The Morgan fingerprint density at radius 1 is 1.24 bits per heavy atom. The van der Waals surface area contributed by atoms with E-state index in [1.165, 1.54) is 12.1 Å². The van der Waals surface area contributed by atoms with Gasteiger partial charge >= 0.3 is 6.18 Å². The number of carbonyl (C=O) groups is 1. The molecular formula is C17H13F3IN3O. The van der Waals surface area contributed by atoms with Gasteiger partial charge in [-0.25, -0.2) is 4.98 Å². The minimum atomic E-state index is -4.64. The molecule has 1 N–H and O–H groups in total. The SMILES string of the molecule is Cc1cc(I)ccc1NC(=O)Cn1c(C(F)(F)F)nc2ccccc21. The standard InChI is InChI=1S/C17H13F3IN3O/c1-10-8-11(21)6-7-12(10)22-15(25)9-24-14-5-3-2-4-13(14)23-16(24)17(18,19)20/h2-8H,9H2,1H3,(H,22,25). The zero-order chi connectivity index (χ0) is 18.2. The van der Waals surface area contributed by atoms with E-state index in [1.807, 2.05) is 19.1 Å². The van der Waals surface area contributed by atoms with Crippen molar-refractivity contribution in [1.29, 1.82) is 0 Å². The summed E-state index contributed by atoms with van der Waals surface area (Å²) in [5, 5.41) is 2.66. The molecule has 2 aromatic carbocycles. The van der Waals surface area contributed by atoms with Crippen LogP contribution in [-0.4, -0.2) is 15.5 Å². The van der Waals surface area contributed by atoms with Gasteiger partial charge in [-0.2, -0.15) is 13.2 Å². The van der Waals surface area contributed by atoms with E-state index >= 15 is 0 Å². The number of amides is 1. The number of imidazole rings is 1. The molecule has 0 aliphatic carbocycles. The van der Waals surface area contributed by atoms with Crippen LogP contribution < -0.4 is 5.32 Å². The van der Waals surface area contributed by atoms with Gasteiger partial charge in [0.2, 0.25) is 11.7 Å². The van der Waals surface area contributed by atoms with E-state index in [0.29, 0.717) is 5.69 Å². The van der Waals surface area contributed by atoms with E-state index in [0.717, 1.165) is 13.7 Å². The van der Waals surface area contributed by atoms with Crippen LogP contribution in [0.15, 0.2) is 42.5 Å². The minimum absolute atomic E-state index is 0.202. The highest BCUT2D eigenvalue weighted by atomic mass is 127. The third kappa shape index (κ3) is 3.78. The maximum absolute atomic E-state index is 13.3. The molecule has 130 valence electrons. The topological polar surface area (TPSA) is 46.9 Å². The van der Waals surface area contributed by atoms with Gasteiger partial charge in [-0.15, -0.1) is 0 Å². The zero-order valence-corrected chi connectivity index (χ0v) is 15.2. The monoisotopic (exact) mass is 459 g/mol. The number of aromatic nitrogens is 2. The molecule has 3 rings (SSSR count). The zero-order valence-electron chi connectivity index (χ0n) is 13.1. The summed E-state index contributed by atoms with van der Waals surface area (Å²) in [5.41, 5.74) is 1.88. The van der Waals surface area contributed by atoms with Gasteiger partial charge in [-0.3, -0.25) is 4.79 Å². The molecule has 0 bridgehead atoms. The lowest BCUT2D eigenvalue weighted by molar-refractivity contribution is -0.147. The molecule has 0 fully saturated rings. The van der Waals surface area contributed by atoms with Crippen LogP contribution in [0.1, 0.15) is 11.4 Å². The van der Waals surface area contributed by atoms with Crippen molar-refractivity contribution in [2.75, 3.05) is 5.32 Å². The Kier molecular flexibility index (Phi) is 4.72. The van der Waals surface area contributed by atoms with Crippen molar-refractivity contribution in [3.05, 3.63) is 57.4 Å². The second kappa shape index (κ2) is 6.66. The van der Waals surface area contributed by atoms with Crippen LogP contribution in [0.4, 0.5) is 18.9 Å². The molecule has 0 saturated carbocycles. The van der Waals surface area contributed by atoms with Gasteiger partial charge < -0.3 is 9.88 Å². The Morgan fingerprint density at radius 2 is 1.96 bits per heavy atom. The van der Waals surface area contributed by atoms with E-state index in [4.69, 9.17) is 0 Å². The molecule has 8 heteroatoms. The van der Waals surface area contributed by atoms with Gasteiger partial charge in [0.25, 0.3) is 0 Å². The first-order valence-corrected chi connectivity index (χ1v) is 8.42. The maximum atomic E-state index is 13.3. The van der Waals surface area contributed by atoms with Crippen LogP contribution in [-0.2, 0) is 17.5 Å². The Bertz CT molecular complexity index is 950. The Balaban J connectivity index is 1.93. The highest BCUT2D eigenvalue weighted by Gasteiger charge is 2.38. The number of nitrogens with zero attached hydrogens (tertiary/aromatic N) is 2. The summed E-state index contributed by atoms with van der Waals surface area (Å²) < 4.78 is 41.7. The van der Waals surface area contributed by atoms with Crippen molar-refractivity contribution < 1.29 is 18.0 Å². The number of para-hydroxylation sites is 2. The van der Waals surface area contributed by atoms with Gasteiger partial charge in [0.1, 0.15) is 6.54 Å². The van der Waals surface area contributed by atoms with Crippen molar-refractivity contribution in [3.8, 4) is 0 Å². The molecule has 0 spiro atoms. The van der Waals surface area contributed by atoms with Crippen LogP contribution in [0, 0.1) is 10.5 Å². The highest BCUT2D eigenvalue weighted by molar-refractivity contribution is 14.1. The molecule has 0 aliphatic rings. The number of hydrogen-bond donors (Lipinski definition) is 1. The Hall–Kier alpha value is -2.10. The van der Waals surface area contributed by atoms with E-state index in [-0.39, 0.29) is 11.0 Å². The molecule has 0 aliphatic heterocycles. The van der Waals surface area contributed by atoms with Gasteiger partial charge in [-0.1, -0.05) is 12.1 Å². The maximum Gasteiger partial charge on any atom is 0.449 e. The quantitative estimate of drug-likeness (QED) is 0.582. The molecule has 0 unspecified atom stereocenters. The first-order chi connectivity index (χ1) is 11.8. The summed E-state index contributed by atoms with van der Waals surface area (Å²) in [6.07, 6.45) is -4.64. The fourth-order valence-electron chi connectivity index (χ4n) is 2.55. The van der Waals surface area contributed by atoms with Crippen LogP contribution in [0.3, 0.4) is 0 Å². The lowest BCUT2D eigenvalue weighted by Crippen LogP contribution is -2.23. The largest absolute Gasteiger partial charge is 0.449 e. The van der Waals surface area contributed by atoms with Crippen molar-refractivity contribution in [2.24, 2.45) is 0 Å². The number of halogens is 4. The van der Waals surface area contributed by atoms with E-state index in [1.54, 1.807) is 18.2 Å². The molecule has 0 atom stereocenters. The van der Waals surface area contributed by atoms with Crippen LogP contribution in [0.5, 0.6) is 0 Å². The van der Waals surface area contributed by atoms with Crippen molar-refractivity contribution in [3.63, 3.8) is 0 Å². The third-order valence-corrected chi connectivity index (χ3v) is 4.34. The number of carbonyl (C=O) groups excluding carboxylic acids is 1. The predicted octanol–water partition coefficient (Wildman–Crippen LogP) is 4.61. The molecule has 25 heavy (non-hydrogen) atoms. The minimum Gasteiger partial charge on any atom is -0.324 e. The fraction of sp³-hybridized carbons (Fsp3) is 0.176. The smallest absolute Gasteiger partial charge is 0.324 e. The van der Waals surface area contributed by atoms with Crippen molar-refractivity contribution in [2.45, 2.75) is 19.6 Å². The fourth-order valence-corrected chi connectivity index (χ4v) is 3.20. The molecule has 1 aromatic heterocycles. The highest BCUT2D eigenvalue weighted by Crippen LogP contribution is 2.31. The Labute approximate surface area is 155 Å². The number of benzene rings is 2. The number of alkyl halides is 3.